The van der Waals surface area contributed by atoms with Crippen molar-refractivity contribution in [1.82, 2.24) is 20.4 Å². The van der Waals surface area contributed by atoms with Gasteiger partial charge in [-0.1, -0.05) is 12.2 Å². The van der Waals surface area contributed by atoms with Gasteiger partial charge in [-0.3, -0.25) is 19.5 Å². The van der Waals surface area contributed by atoms with Crippen molar-refractivity contribution in [3.8, 4) is 0 Å². The molecule has 2 N–H and O–H groups in total. The minimum absolute atomic E-state index is 0.0347. The molecule has 3 aliphatic rings. The highest BCUT2D eigenvalue weighted by Crippen LogP contribution is 2.52. The average Bonchev–Trinajstić information content (AvgIpc) is 3.37. The van der Waals surface area contributed by atoms with Crippen LogP contribution in [0, 0.1) is 23.7 Å². The van der Waals surface area contributed by atoms with Crippen LogP contribution in [0.25, 0.3) is 0 Å². The molecule has 0 aromatic carbocycles. The highest BCUT2D eigenvalue weighted by Gasteiger charge is 2.58. The van der Waals surface area contributed by atoms with Crippen molar-refractivity contribution in [3.05, 3.63) is 12.2 Å². The molecular weight excluding hydrogens is 398 g/mol. The second kappa shape index (κ2) is 9.28. The number of allylic oxidation sites excluding steroid dienone is 2. The Morgan fingerprint density at radius 2 is 1.74 bits per heavy atom. The van der Waals surface area contributed by atoms with E-state index in [1.165, 1.54) is 4.90 Å². The molecule has 0 radical (unpaired) electrons. The van der Waals surface area contributed by atoms with Gasteiger partial charge in [0.1, 0.15) is 5.60 Å². The fourth-order valence-electron chi connectivity index (χ4n) is 4.71. The van der Waals surface area contributed by atoms with Crippen LogP contribution < -0.4 is 10.6 Å². The number of amides is 3. The van der Waals surface area contributed by atoms with Crippen LogP contribution in [0.15, 0.2) is 17.1 Å². The maximum Gasteiger partial charge on any atom is 0.410 e. The zero-order valence-electron chi connectivity index (χ0n) is 19.2. The van der Waals surface area contributed by atoms with Crippen LogP contribution in [0.2, 0.25) is 0 Å². The predicted octanol–water partition coefficient (Wildman–Crippen LogP) is 1.22. The molecule has 1 saturated carbocycles. The second-order valence-electron chi connectivity index (χ2n) is 9.31. The zero-order chi connectivity index (χ0) is 22.8. The van der Waals surface area contributed by atoms with E-state index in [2.05, 4.69) is 27.8 Å². The molecule has 3 rings (SSSR count). The Hall–Kier alpha value is -2.58. The highest BCUT2D eigenvalue weighted by molar-refractivity contribution is 6.06. The number of likely N-dealkylation sites (tertiary alicyclic amines) is 1. The van der Waals surface area contributed by atoms with E-state index in [-0.39, 0.29) is 41.6 Å². The molecule has 3 amide bonds. The average molecular weight is 434 g/mol. The van der Waals surface area contributed by atoms with Crippen molar-refractivity contribution >= 4 is 23.9 Å². The van der Waals surface area contributed by atoms with E-state index in [0.717, 1.165) is 6.42 Å². The van der Waals surface area contributed by atoms with Gasteiger partial charge in [0, 0.05) is 39.8 Å². The van der Waals surface area contributed by atoms with Crippen LogP contribution in [0.5, 0.6) is 0 Å². The molecule has 2 fully saturated rings. The Bertz CT molecular complexity index is 742. The van der Waals surface area contributed by atoms with Crippen molar-refractivity contribution < 1.29 is 19.1 Å². The SMILES string of the molecule is CCN(CCNC(=NC)NCCN1C(=O)C2C3C=CC(C3)C2C1=O)C(=O)OC(C)(C)C. The summed E-state index contributed by atoms with van der Waals surface area (Å²) in [7, 11) is 1.65. The van der Waals surface area contributed by atoms with Crippen LogP contribution in [0.4, 0.5) is 4.79 Å². The van der Waals surface area contributed by atoms with Gasteiger partial charge in [-0.05, 0) is 46.0 Å². The number of carbonyl (C=O) groups is 3. The van der Waals surface area contributed by atoms with Gasteiger partial charge in [-0.15, -0.1) is 0 Å². The Labute approximate surface area is 184 Å². The molecule has 0 spiro atoms. The van der Waals surface area contributed by atoms with Crippen molar-refractivity contribution in [2.75, 3.05) is 39.8 Å². The Morgan fingerprint density at radius 1 is 1.16 bits per heavy atom. The lowest BCUT2D eigenvalue weighted by molar-refractivity contribution is -0.140. The van der Waals surface area contributed by atoms with Gasteiger partial charge in [0.25, 0.3) is 0 Å². The van der Waals surface area contributed by atoms with E-state index >= 15 is 0 Å². The predicted molar refractivity (Wildman–Crippen MR) is 117 cm³/mol. The number of ether oxygens (including phenoxy) is 1. The maximum absolute atomic E-state index is 12.7. The normalized spacial score (nSPS) is 27.0. The Morgan fingerprint density at radius 3 is 2.26 bits per heavy atom. The quantitative estimate of drug-likeness (QED) is 0.271. The van der Waals surface area contributed by atoms with Crippen molar-refractivity contribution in [2.45, 2.75) is 39.7 Å². The molecule has 4 atom stereocenters. The first-order valence-corrected chi connectivity index (χ1v) is 11.1. The summed E-state index contributed by atoms with van der Waals surface area (Å²) in [6.07, 6.45) is 4.79. The van der Waals surface area contributed by atoms with E-state index < -0.39 is 5.60 Å². The summed E-state index contributed by atoms with van der Waals surface area (Å²) in [6, 6.07) is 0. The molecule has 0 aromatic heterocycles. The van der Waals surface area contributed by atoms with Crippen LogP contribution >= 0.6 is 0 Å². The van der Waals surface area contributed by atoms with E-state index in [9.17, 15) is 14.4 Å². The summed E-state index contributed by atoms with van der Waals surface area (Å²) in [5, 5.41) is 6.30. The summed E-state index contributed by atoms with van der Waals surface area (Å²) >= 11 is 0. The van der Waals surface area contributed by atoms with Gasteiger partial charge in [-0.2, -0.15) is 0 Å². The summed E-state index contributed by atoms with van der Waals surface area (Å²) in [4.78, 5) is 44.8. The van der Waals surface area contributed by atoms with Crippen LogP contribution in [0.1, 0.15) is 34.1 Å². The number of aliphatic imine (C=N–C) groups is 1. The topological polar surface area (TPSA) is 103 Å². The third-order valence-corrected chi connectivity index (χ3v) is 6.12. The largest absolute Gasteiger partial charge is 0.444 e. The molecule has 9 heteroatoms. The lowest BCUT2D eigenvalue weighted by atomic mass is 9.85. The van der Waals surface area contributed by atoms with Crippen molar-refractivity contribution in [2.24, 2.45) is 28.7 Å². The molecule has 1 saturated heterocycles. The number of hydrogen-bond donors (Lipinski definition) is 2. The highest BCUT2D eigenvalue weighted by atomic mass is 16.6. The molecule has 31 heavy (non-hydrogen) atoms. The third kappa shape index (κ3) is 5.02. The molecule has 9 nitrogen and oxygen atoms in total. The monoisotopic (exact) mass is 433 g/mol. The number of nitrogens with zero attached hydrogens (tertiary/aromatic N) is 3. The fourth-order valence-corrected chi connectivity index (χ4v) is 4.71. The number of hydrogen-bond acceptors (Lipinski definition) is 5. The molecule has 172 valence electrons. The Kier molecular flexibility index (Phi) is 6.91. The van der Waals surface area contributed by atoms with Gasteiger partial charge < -0.3 is 20.3 Å². The summed E-state index contributed by atoms with van der Waals surface area (Å²) in [5.41, 5.74) is -0.534. The van der Waals surface area contributed by atoms with Gasteiger partial charge in [0.2, 0.25) is 11.8 Å². The van der Waals surface area contributed by atoms with Crippen molar-refractivity contribution in [3.63, 3.8) is 0 Å². The summed E-state index contributed by atoms with van der Waals surface area (Å²) in [6.45, 7) is 9.67. The molecular formula is C22H35N5O4. The zero-order valence-corrected chi connectivity index (χ0v) is 19.2. The molecule has 1 aliphatic heterocycles. The Balaban J connectivity index is 1.41. The molecule has 2 bridgehead atoms. The molecule has 0 aromatic rings. The standard InChI is InChI=1S/C22H35N5O4/c1-6-26(21(30)31-22(2,3)4)11-9-24-20(23-5)25-10-12-27-18(28)16-14-7-8-15(13-14)17(16)19(27)29/h7-8,14-17H,6,9-13H2,1-5H3,(H2,23,24,25). The van der Waals surface area contributed by atoms with Crippen LogP contribution in [-0.2, 0) is 14.3 Å². The number of likely N-dealkylation sites (N-methyl/N-ethyl adjacent to an activating group) is 1. The maximum atomic E-state index is 12.7. The number of rotatable bonds is 7. The van der Waals surface area contributed by atoms with Gasteiger partial charge in [-0.25, -0.2) is 4.79 Å². The number of fused-ring (bicyclic) bond motifs is 5. The lowest BCUT2D eigenvalue weighted by Crippen LogP contribution is -2.46. The number of imide groups is 1. The number of guanidine groups is 1. The molecule has 1 heterocycles. The van der Waals surface area contributed by atoms with E-state index in [1.54, 1.807) is 11.9 Å². The van der Waals surface area contributed by atoms with E-state index in [0.29, 0.717) is 38.7 Å². The lowest BCUT2D eigenvalue weighted by Gasteiger charge is -2.26. The molecule has 2 aliphatic carbocycles. The van der Waals surface area contributed by atoms with Gasteiger partial charge in [0.05, 0.1) is 11.8 Å². The number of carbonyl (C=O) groups excluding carboxylic acids is 3. The third-order valence-electron chi connectivity index (χ3n) is 6.12. The van der Waals surface area contributed by atoms with Gasteiger partial charge in [0.15, 0.2) is 5.96 Å². The first kappa shape index (κ1) is 23.1. The van der Waals surface area contributed by atoms with Crippen LogP contribution in [-0.4, -0.2) is 79.0 Å². The number of nitrogens with one attached hydrogen (secondary N) is 2. The first-order valence-electron chi connectivity index (χ1n) is 11.1. The minimum atomic E-state index is -0.534. The second-order valence-corrected chi connectivity index (χ2v) is 9.31. The fraction of sp³-hybridized carbons (Fsp3) is 0.727. The van der Waals surface area contributed by atoms with E-state index in [1.807, 2.05) is 27.7 Å². The molecule has 4 unspecified atom stereocenters. The summed E-state index contributed by atoms with van der Waals surface area (Å²) in [5.74, 6) is 0.623. The van der Waals surface area contributed by atoms with E-state index in [4.69, 9.17) is 4.74 Å². The van der Waals surface area contributed by atoms with Crippen molar-refractivity contribution in [1.29, 1.82) is 0 Å². The first-order chi connectivity index (χ1) is 14.7. The van der Waals surface area contributed by atoms with Crippen LogP contribution in [0.3, 0.4) is 0 Å². The summed E-state index contributed by atoms with van der Waals surface area (Å²) < 4.78 is 5.41. The van der Waals surface area contributed by atoms with Gasteiger partial charge >= 0.3 is 6.09 Å². The minimum Gasteiger partial charge on any atom is -0.444 e. The smallest absolute Gasteiger partial charge is 0.410 e.